The van der Waals surface area contributed by atoms with E-state index in [1.54, 1.807) is 16.9 Å². The Bertz CT molecular complexity index is 876. The van der Waals surface area contributed by atoms with Crippen LogP contribution < -0.4 is 15.9 Å². The summed E-state index contributed by atoms with van der Waals surface area (Å²) in [6.07, 6.45) is 3.27. The molecule has 1 aromatic heterocycles. The van der Waals surface area contributed by atoms with Gasteiger partial charge in [0, 0.05) is 5.56 Å². The lowest BCUT2D eigenvalue weighted by Crippen LogP contribution is -2.24. The number of aromatic nitrogens is 3. The number of amides is 2. The highest BCUT2D eigenvalue weighted by molar-refractivity contribution is 5.84. The summed E-state index contributed by atoms with van der Waals surface area (Å²) in [5, 5.41) is 11.9. The average Bonchev–Trinajstić information content (AvgIpc) is 3.10. The Morgan fingerprint density at radius 3 is 2.76 bits per heavy atom. The Morgan fingerprint density at radius 2 is 1.96 bits per heavy atom. The molecule has 0 aliphatic carbocycles. The SMILES string of the molecule is NC(=O)N/N=C/c1ccccc1OCc1cn(-c2ccccc2)nn1. The van der Waals surface area contributed by atoms with Gasteiger partial charge in [0.05, 0.1) is 18.1 Å². The first-order chi connectivity index (χ1) is 12.2. The van der Waals surface area contributed by atoms with Crippen molar-refractivity contribution < 1.29 is 9.53 Å². The number of primary amides is 1. The highest BCUT2D eigenvalue weighted by Crippen LogP contribution is 2.17. The predicted octanol–water partition coefficient (Wildman–Crippen LogP) is 1.85. The number of carbonyl (C=O) groups is 1. The van der Waals surface area contributed by atoms with Crippen molar-refractivity contribution in [3.63, 3.8) is 0 Å². The van der Waals surface area contributed by atoms with Crippen LogP contribution in [0.2, 0.25) is 0 Å². The van der Waals surface area contributed by atoms with Crippen LogP contribution >= 0.6 is 0 Å². The largest absolute Gasteiger partial charge is 0.486 e. The summed E-state index contributed by atoms with van der Waals surface area (Å²) in [7, 11) is 0. The minimum atomic E-state index is -0.729. The van der Waals surface area contributed by atoms with Gasteiger partial charge in [-0.15, -0.1) is 5.10 Å². The summed E-state index contributed by atoms with van der Waals surface area (Å²) in [5.41, 5.74) is 9.42. The van der Waals surface area contributed by atoms with Gasteiger partial charge in [-0.25, -0.2) is 14.9 Å². The molecule has 0 aliphatic rings. The second-order valence-electron chi connectivity index (χ2n) is 5.05. The third kappa shape index (κ3) is 4.41. The van der Waals surface area contributed by atoms with E-state index in [0.717, 1.165) is 5.69 Å². The van der Waals surface area contributed by atoms with E-state index >= 15 is 0 Å². The Balaban J connectivity index is 1.67. The molecule has 1 heterocycles. The van der Waals surface area contributed by atoms with Gasteiger partial charge >= 0.3 is 6.03 Å². The zero-order chi connectivity index (χ0) is 17.5. The van der Waals surface area contributed by atoms with E-state index in [1.165, 1.54) is 6.21 Å². The van der Waals surface area contributed by atoms with Crippen molar-refractivity contribution in [2.24, 2.45) is 10.8 Å². The first-order valence-corrected chi connectivity index (χ1v) is 7.49. The van der Waals surface area contributed by atoms with E-state index in [4.69, 9.17) is 10.5 Å². The van der Waals surface area contributed by atoms with E-state index in [2.05, 4.69) is 20.8 Å². The molecule has 0 atom stereocenters. The predicted molar refractivity (Wildman–Crippen MR) is 92.4 cm³/mol. The van der Waals surface area contributed by atoms with Crippen molar-refractivity contribution in [2.45, 2.75) is 6.61 Å². The van der Waals surface area contributed by atoms with Crippen LogP contribution in [0.5, 0.6) is 5.75 Å². The molecule has 0 fully saturated rings. The summed E-state index contributed by atoms with van der Waals surface area (Å²) >= 11 is 0. The number of nitrogens with zero attached hydrogens (tertiary/aromatic N) is 4. The topological polar surface area (TPSA) is 107 Å². The summed E-state index contributed by atoms with van der Waals surface area (Å²) in [5.74, 6) is 0.604. The van der Waals surface area contributed by atoms with E-state index in [1.807, 2.05) is 48.5 Å². The summed E-state index contributed by atoms with van der Waals surface area (Å²) < 4.78 is 7.46. The highest BCUT2D eigenvalue weighted by Gasteiger charge is 2.06. The third-order valence-corrected chi connectivity index (χ3v) is 3.23. The van der Waals surface area contributed by atoms with Gasteiger partial charge in [-0.3, -0.25) is 0 Å². The van der Waals surface area contributed by atoms with Crippen molar-refractivity contribution in [3.8, 4) is 11.4 Å². The van der Waals surface area contributed by atoms with Gasteiger partial charge in [0.25, 0.3) is 0 Å². The maximum atomic E-state index is 10.7. The van der Waals surface area contributed by atoms with Crippen LogP contribution in [-0.4, -0.2) is 27.2 Å². The Labute approximate surface area is 143 Å². The Morgan fingerprint density at radius 1 is 1.20 bits per heavy atom. The number of nitrogens with one attached hydrogen (secondary N) is 1. The van der Waals surface area contributed by atoms with Gasteiger partial charge in [0.15, 0.2) is 0 Å². The standard InChI is InChI=1S/C17H16N6O2/c18-17(24)21-19-10-13-6-4-5-9-16(13)25-12-14-11-23(22-20-14)15-7-2-1-3-8-15/h1-11H,12H2,(H3,18,21,24)/b19-10+. The number of urea groups is 1. The molecule has 2 aromatic carbocycles. The molecule has 8 nitrogen and oxygen atoms in total. The van der Waals surface area contributed by atoms with E-state index in [0.29, 0.717) is 17.0 Å². The number of ether oxygens (including phenoxy) is 1. The zero-order valence-electron chi connectivity index (χ0n) is 13.2. The van der Waals surface area contributed by atoms with Crippen LogP contribution in [0.15, 0.2) is 65.9 Å². The third-order valence-electron chi connectivity index (χ3n) is 3.23. The smallest absolute Gasteiger partial charge is 0.332 e. The number of carbonyl (C=O) groups excluding carboxylic acids is 1. The van der Waals surface area contributed by atoms with Crippen LogP contribution in [0.1, 0.15) is 11.3 Å². The number of nitrogens with two attached hydrogens (primary N) is 1. The van der Waals surface area contributed by atoms with Gasteiger partial charge < -0.3 is 10.5 Å². The first-order valence-electron chi connectivity index (χ1n) is 7.49. The van der Waals surface area contributed by atoms with Crippen molar-refractivity contribution in [2.75, 3.05) is 0 Å². The lowest BCUT2D eigenvalue weighted by Gasteiger charge is -2.06. The molecule has 3 rings (SSSR count). The molecule has 3 aromatic rings. The summed E-state index contributed by atoms with van der Waals surface area (Å²) in [6.45, 7) is 0.251. The number of hydrogen-bond donors (Lipinski definition) is 2. The van der Waals surface area contributed by atoms with Gasteiger partial charge in [0.2, 0.25) is 0 Å². The maximum Gasteiger partial charge on any atom is 0.332 e. The van der Waals surface area contributed by atoms with Crippen molar-refractivity contribution >= 4 is 12.2 Å². The second-order valence-corrected chi connectivity index (χ2v) is 5.05. The van der Waals surface area contributed by atoms with Crippen LogP contribution in [0.25, 0.3) is 5.69 Å². The highest BCUT2D eigenvalue weighted by atomic mass is 16.5. The van der Waals surface area contributed by atoms with Gasteiger partial charge in [-0.05, 0) is 24.3 Å². The fourth-order valence-corrected chi connectivity index (χ4v) is 2.11. The van der Waals surface area contributed by atoms with Crippen LogP contribution in [0.3, 0.4) is 0 Å². The van der Waals surface area contributed by atoms with Crippen molar-refractivity contribution in [1.82, 2.24) is 20.4 Å². The molecule has 3 N–H and O–H groups in total. The molecule has 0 bridgehead atoms. The molecular weight excluding hydrogens is 320 g/mol. The normalized spacial score (nSPS) is 10.7. The Hall–Kier alpha value is -3.68. The molecular formula is C17H16N6O2. The van der Waals surface area contributed by atoms with Crippen molar-refractivity contribution in [1.29, 1.82) is 0 Å². The lowest BCUT2D eigenvalue weighted by molar-refractivity contribution is 0.249. The average molecular weight is 336 g/mol. The number of hydrogen-bond acceptors (Lipinski definition) is 5. The maximum absolute atomic E-state index is 10.7. The van der Waals surface area contributed by atoms with E-state index in [9.17, 15) is 4.79 Å². The van der Waals surface area contributed by atoms with Crippen molar-refractivity contribution in [3.05, 3.63) is 72.1 Å². The van der Waals surface area contributed by atoms with Crippen LogP contribution in [0, 0.1) is 0 Å². The number of para-hydroxylation sites is 2. The summed E-state index contributed by atoms with van der Waals surface area (Å²) in [4.78, 5) is 10.7. The van der Waals surface area contributed by atoms with Gasteiger partial charge in [-0.1, -0.05) is 35.5 Å². The second kappa shape index (κ2) is 7.73. The number of benzene rings is 2. The van der Waals surface area contributed by atoms with Gasteiger partial charge in [0.1, 0.15) is 18.1 Å². The number of hydrazone groups is 1. The fraction of sp³-hybridized carbons (Fsp3) is 0.0588. The van der Waals surface area contributed by atoms with E-state index < -0.39 is 6.03 Å². The van der Waals surface area contributed by atoms with Crippen LogP contribution in [-0.2, 0) is 6.61 Å². The summed E-state index contributed by atoms with van der Waals surface area (Å²) in [6, 6.07) is 16.2. The molecule has 0 aliphatic heterocycles. The molecule has 0 spiro atoms. The van der Waals surface area contributed by atoms with Crippen LogP contribution in [0.4, 0.5) is 4.79 Å². The molecule has 126 valence electrons. The molecule has 2 amide bonds. The van der Waals surface area contributed by atoms with Gasteiger partial charge in [-0.2, -0.15) is 5.10 Å². The molecule has 0 unspecified atom stereocenters. The first kappa shape index (κ1) is 16.2. The lowest BCUT2D eigenvalue weighted by atomic mass is 10.2. The monoisotopic (exact) mass is 336 g/mol. The molecule has 25 heavy (non-hydrogen) atoms. The molecule has 8 heteroatoms. The zero-order valence-corrected chi connectivity index (χ0v) is 13.2. The fourth-order valence-electron chi connectivity index (χ4n) is 2.11. The quantitative estimate of drug-likeness (QED) is 0.529. The molecule has 0 saturated carbocycles. The minimum absolute atomic E-state index is 0.251. The Kier molecular flexibility index (Phi) is 5.01. The molecule has 0 saturated heterocycles. The molecule has 0 radical (unpaired) electrons. The van der Waals surface area contributed by atoms with E-state index in [-0.39, 0.29) is 6.61 Å². The minimum Gasteiger partial charge on any atom is -0.486 e. The number of rotatable bonds is 6.